The predicted molar refractivity (Wildman–Crippen MR) is 72.5 cm³/mol. The van der Waals surface area contributed by atoms with E-state index in [0.29, 0.717) is 11.3 Å². The fraction of sp³-hybridized carbons (Fsp3) is 0.0714. The van der Waals surface area contributed by atoms with Gasteiger partial charge in [-0.1, -0.05) is 23.8 Å². The first kappa shape index (κ1) is 12.9. The Labute approximate surface area is 110 Å². The maximum absolute atomic E-state index is 11.8. The molecule has 96 valence electrons. The van der Waals surface area contributed by atoms with Gasteiger partial charge in [0.05, 0.1) is 11.9 Å². The molecule has 0 radical (unpaired) electrons. The van der Waals surface area contributed by atoms with Crippen molar-refractivity contribution in [2.24, 2.45) is 5.10 Å². The van der Waals surface area contributed by atoms with E-state index in [4.69, 9.17) is 0 Å². The number of benzene rings is 1. The van der Waals surface area contributed by atoms with Crippen molar-refractivity contribution >= 4 is 12.1 Å². The normalized spacial score (nSPS) is 10.6. The summed E-state index contributed by atoms with van der Waals surface area (Å²) in [6.07, 6.45) is 2.83. The molecule has 19 heavy (non-hydrogen) atoms. The van der Waals surface area contributed by atoms with Crippen molar-refractivity contribution in [1.29, 1.82) is 0 Å². The minimum atomic E-state index is -0.702. The lowest BCUT2D eigenvalue weighted by Crippen LogP contribution is -2.19. The molecule has 0 aliphatic heterocycles. The fourth-order valence-corrected chi connectivity index (χ4v) is 1.42. The van der Waals surface area contributed by atoms with E-state index in [1.54, 1.807) is 48.7 Å². The lowest BCUT2D eigenvalue weighted by molar-refractivity contribution is 0.0827. The molecule has 0 saturated heterocycles. The minimum Gasteiger partial charge on any atom is -0.735 e. The first-order chi connectivity index (χ1) is 9.16. The lowest BCUT2D eigenvalue weighted by atomic mass is 10.1. The molecule has 0 atom stereocenters. The Morgan fingerprint density at radius 3 is 2.63 bits per heavy atom. The third-order valence-electron chi connectivity index (χ3n) is 2.45. The highest BCUT2D eigenvalue weighted by atomic mass is 16.5. The van der Waals surface area contributed by atoms with Crippen molar-refractivity contribution in [2.45, 2.75) is 6.92 Å². The molecule has 1 heterocycles. The number of aromatic nitrogens is 1. The van der Waals surface area contributed by atoms with Crippen LogP contribution in [0.5, 0.6) is 0 Å². The lowest BCUT2D eigenvalue weighted by Gasteiger charge is -2.21. The molecule has 0 fully saturated rings. The van der Waals surface area contributed by atoms with Crippen LogP contribution in [0.3, 0.4) is 0 Å². The SMILES string of the molecule is Cc1ccc(C(=O)N([O-])N=Cc2ccccn2)cc1. The van der Waals surface area contributed by atoms with Crippen LogP contribution in [0, 0.1) is 12.1 Å². The monoisotopic (exact) mass is 254 g/mol. The number of hydrazone groups is 1. The van der Waals surface area contributed by atoms with Crippen LogP contribution in [0.2, 0.25) is 0 Å². The summed E-state index contributed by atoms with van der Waals surface area (Å²) in [4.78, 5) is 15.7. The zero-order valence-corrected chi connectivity index (χ0v) is 10.4. The zero-order chi connectivity index (χ0) is 13.7. The van der Waals surface area contributed by atoms with Gasteiger partial charge in [0, 0.05) is 11.8 Å². The molecule has 1 amide bonds. The summed E-state index contributed by atoms with van der Waals surface area (Å²) < 4.78 is 0. The van der Waals surface area contributed by atoms with Crippen LogP contribution in [-0.4, -0.2) is 22.3 Å². The molecule has 0 spiro atoms. The van der Waals surface area contributed by atoms with Crippen LogP contribution in [0.15, 0.2) is 53.8 Å². The van der Waals surface area contributed by atoms with Gasteiger partial charge in [0.2, 0.25) is 0 Å². The van der Waals surface area contributed by atoms with Crippen molar-refractivity contribution in [3.05, 3.63) is 70.7 Å². The largest absolute Gasteiger partial charge is 0.735 e. The Bertz CT molecular complexity index is 579. The quantitative estimate of drug-likeness (QED) is 0.623. The van der Waals surface area contributed by atoms with Gasteiger partial charge in [0.25, 0.3) is 5.91 Å². The van der Waals surface area contributed by atoms with Gasteiger partial charge in [-0.15, -0.1) is 0 Å². The van der Waals surface area contributed by atoms with Crippen LogP contribution in [0.1, 0.15) is 21.6 Å². The third kappa shape index (κ3) is 3.46. The van der Waals surface area contributed by atoms with Crippen molar-refractivity contribution < 1.29 is 4.79 Å². The number of rotatable bonds is 3. The molecule has 5 heteroatoms. The van der Waals surface area contributed by atoms with E-state index >= 15 is 0 Å². The standard InChI is InChI=1S/C14H12N3O2/c1-11-5-7-12(8-6-11)14(18)17(19)16-10-13-4-2-3-9-15-13/h2-10H,1H3/q-1. The number of nitrogens with zero attached hydrogens (tertiary/aromatic N) is 3. The molecule has 0 N–H and O–H groups in total. The van der Waals surface area contributed by atoms with Gasteiger partial charge in [-0.25, -0.2) is 0 Å². The number of hydroxylamine groups is 1. The van der Waals surface area contributed by atoms with E-state index in [0.717, 1.165) is 5.56 Å². The number of carbonyl (C=O) groups excluding carboxylic acids is 1. The summed E-state index contributed by atoms with van der Waals surface area (Å²) in [6, 6.07) is 11.9. The van der Waals surface area contributed by atoms with E-state index in [1.165, 1.54) is 6.21 Å². The van der Waals surface area contributed by atoms with Crippen molar-refractivity contribution in [3.63, 3.8) is 0 Å². The Balaban J connectivity index is 2.07. The molecule has 0 aliphatic rings. The zero-order valence-electron chi connectivity index (χ0n) is 10.4. The number of hydrogen-bond acceptors (Lipinski definition) is 4. The van der Waals surface area contributed by atoms with Crippen LogP contribution in [-0.2, 0) is 0 Å². The highest BCUT2D eigenvalue weighted by Gasteiger charge is 2.05. The van der Waals surface area contributed by atoms with Crippen molar-refractivity contribution in [2.75, 3.05) is 0 Å². The number of amides is 1. The molecule has 0 unspecified atom stereocenters. The molecule has 5 nitrogen and oxygen atoms in total. The Morgan fingerprint density at radius 2 is 2.00 bits per heavy atom. The Morgan fingerprint density at radius 1 is 1.26 bits per heavy atom. The van der Waals surface area contributed by atoms with Crippen LogP contribution in [0.25, 0.3) is 0 Å². The summed E-state index contributed by atoms with van der Waals surface area (Å²) in [6.45, 7) is 1.91. The van der Waals surface area contributed by atoms with Crippen LogP contribution >= 0.6 is 0 Å². The van der Waals surface area contributed by atoms with E-state index < -0.39 is 5.91 Å². The first-order valence-corrected chi connectivity index (χ1v) is 5.70. The number of pyridine rings is 1. The first-order valence-electron chi connectivity index (χ1n) is 5.70. The van der Waals surface area contributed by atoms with Gasteiger partial charge in [-0.3, -0.25) is 15.0 Å². The van der Waals surface area contributed by atoms with Crippen LogP contribution in [0.4, 0.5) is 0 Å². The third-order valence-corrected chi connectivity index (χ3v) is 2.45. The fourth-order valence-electron chi connectivity index (χ4n) is 1.42. The molecule has 0 aliphatic carbocycles. The second-order valence-corrected chi connectivity index (χ2v) is 3.94. The molecule has 1 aromatic heterocycles. The molecular formula is C14H12N3O2-. The molecule has 0 bridgehead atoms. The Kier molecular flexibility index (Phi) is 4.00. The van der Waals surface area contributed by atoms with Gasteiger partial charge in [-0.2, -0.15) is 5.10 Å². The van der Waals surface area contributed by atoms with Gasteiger partial charge in [0.1, 0.15) is 0 Å². The van der Waals surface area contributed by atoms with Crippen molar-refractivity contribution in [1.82, 2.24) is 10.2 Å². The summed E-state index contributed by atoms with van der Waals surface area (Å²) >= 11 is 0. The summed E-state index contributed by atoms with van der Waals surface area (Å²) in [5.41, 5.74) is 1.84. The van der Waals surface area contributed by atoms with Crippen LogP contribution < -0.4 is 0 Å². The van der Waals surface area contributed by atoms with E-state index in [9.17, 15) is 10.0 Å². The molecule has 2 rings (SSSR count). The van der Waals surface area contributed by atoms with Gasteiger partial charge in [-0.05, 0) is 31.2 Å². The van der Waals surface area contributed by atoms with E-state index in [-0.39, 0.29) is 5.17 Å². The second-order valence-electron chi connectivity index (χ2n) is 3.94. The molecule has 0 saturated carbocycles. The second kappa shape index (κ2) is 5.88. The molecule has 1 aromatic carbocycles. The van der Waals surface area contributed by atoms with E-state index in [1.807, 2.05) is 6.92 Å². The maximum Gasteiger partial charge on any atom is 0.263 e. The number of carbonyl (C=O) groups is 1. The summed E-state index contributed by atoms with van der Waals surface area (Å²) in [5.74, 6) is -0.702. The van der Waals surface area contributed by atoms with Gasteiger partial charge >= 0.3 is 0 Å². The van der Waals surface area contributed by atoms with Gasteiger partial charge < -0.3 is 5.21 Å². The highest BCUT2D eigenvalue weighted by molar-refractivity contribution is 5.95. The summed E-state index contributed by atoms with van der Waals surface area (Å²) in [7, 11) is 0. The topological polar surface area (TPSA) is 68.6 Å². The van der Waals surface area contributed by atoms with Gasteiger partial charge in [0.15, 0.2) is 0 Å². The van der Waals surface area contributed by atoms with E-state index in [2.05, 4.69) is 10.1 Å². The van der Waals surface area contributed by atoms with Crippen molar-refractivity contribution in [3.8, 4) is 0 Å². The summed E-state index contributed by atoms with van der Waals surface area (Å²) in [5, 5.41) is 15.1. The maximum atomic E-state index is 11.8. The minimum absolute atomic E-state index is 0.0549. The average Bonchev–Trinajstić information content (AvgIpc) is 2.46. The molecular weight excluding hydrogens is 242 g/mol. The predicted octanol–water partition coefficient (Wildman–Crippen LogP) is 2.36. The number of hydrogen-bond donors (Lipinski definition) is 0. The highest BCUT2D eigenvalue weighted by Crippen LogP contribution is 2.06. The molecule has 2 aromatic rings. The average molecular weight is 254 g/mol. The smallest absolute Gasteiger partial charge is 0.263 e. The number of aryl methyl sites for hydroxylation is 1. The Hall–Kier alpha value is -2.53.